The van der Waals surface area contributed by atoms with Crippen molar-refractivity contribution in [1.82, 2.24) is 0 Å². The summed E-state index contributed by atoms with van der Waals surface area (Å²) in [6.07, 6.45) is -2.80. The lowest BCUT2D eigenvalue weighted by Gasteiger charge is -2.13. The van der Waals surface area contributed by atoms with Crippen molar-refractivity contribution in [3.63, 3.8) is 0 Å². The van der Waals surface area contributed by atoms with Crippen molar-refractivity contribution in [3.05, 3.63) is 57.8 Å². The second-order valence-electron chi connectivity index (χ2n) is 6.13. The number of esters is 1. The third-order valence-corrected chi connectivity index (χ3v) is 4.76. The molecule has 0 atom stereocenters. The maximum atomic E-state index is 13.5. The first-order valence-corrected chi connectivity index (χ1v) is 9.66. The van der Waals surface area contributed by atoms with Crippen molar-refractivity contribution in [1.29, 1.82) is 0 Å². The van der Waals surface area contributed by atoms with Gasteiger partial charge < -0.3 is 18.6 Å². The summed E-state index contributed by atoms with van der Waals surface area (Å²) >= 11 is 3.34. The maximum absolute atomic E-state index is 13.5. The normalized spacial score (nSPS) is 11.1. The van der Waals surface area contributed by atoms with E-state index in [2.05, 4.69) is 15.9 Å². The summed E-state index contributed by atoms with van der Waals surface area (Å²) in [5.74, 6) is 0.0184. The zero-order valence-corrected chi connectivity index (χ0v) is 17.4. The third kappa shape index (κ3) is 4.87. The van der Waals surface area contributed by atoms with Crippen LogP contribution in [0.2, 0.25) is 0 Å². The van der Waals surface area contributed by atoms with Crippen molar-refractivity contribution < 1.29 is 32.2 Å². The van der Waals surface area contributed by atoms with Gasteiger partial charge in [-0.2, -0.15) is 0 Å². The number of fused-ring (bicyclic) bond motifs is 1. The van der Waals surface area contributed by atoms with E-state index in [-0.39, 0.29) is 25.2 Å². The molecule has 0 aliphatic heterocycles. The highest BCUT2D eigenvalue weighted by molar-refractivity contribution is 9.10. The molecule has 0 saturated heterocycles. The first kappa shape index (κ1) is 21.1. The number of carbonyl (C=O) groups excluding carboxylic acids is 1. The molecule has 0 aliphatic rings. The molecule has 2 aromatic carbocycles. The van der Waals surface area contributed by atoms with Gasteiger partial charge in [-0.3, -0.25) is 4.79 Å². The van der Waals surface area contributed by atoms with Gasteiger partial charge in [0, 0.05) is 27.1 Å². The minimum Gasteiger partial charge on any atom is -0.497 e. The van der Waals surface area contributed by atoms with Gasteiger partial charge >= 0.3 is 5.97 Å². The summed E-state index contributed by atoms with van der Waals surface area (Å²) in [4.78, 5) is 11.9. The molecule has 0 spiro atoms. The molecular weight excluding hydrogens is 450 g/mol. The Hall–Kier alpha value is -2.61. The van der Waals surface area contributed by atoms with Crippen LogP contribution in [0.4, 0.5) is 8.78 Å². The van der Waals surface area contributed by atoms with Crippen LogP contribution in [0.5, 0.6) is 11.5 Å². The predicted octanol–water partition coefficient (Wildman–Crippen LogP) is 5.83. The van der Waals surface area contributed by atoms with Crippen LogP contribution in [-0.4, -0.2) is 19.7 Å². The first-order chi connectivity index (χ1) is 13.9. The zero-order chi connectivity index (χ0) is 21.0. The number of rotatable bonds is 8. The Labute approximate surface area is 174 Å². The van der Waals surface area contributed by atoms with Gasteiger partial charge in [0.15, 0.2) is 5.76 Å². The predicted molar refractivity (Wildman–Crippen MR) is 107 cm³/mol. The van der Waals surface area contributed by atoms with Gasteiger partial charge in [-0.1, -0.05) is 22.0 Å². The largest absolute Gasteiger partial charge is 0.497 e. The quantitative estimate of drug-likeness (QED) is 0.389. The molecule has 3 rings (SSSR count). The number of furan rings is 1. The number of methoxy groups -OCH3 is 1. The minimum absolute atomic E-state index is 0.00739. The lowest BCUT2D eigenvalue weighted by Crippen LogP contribution is -2.09. The molecule has 0 N–H and O–H groups in total. The lowest BCUT2D eigenvalue weighted by molar-refractivity contribution is -0.142. The van der Waals surface area contributed by atoms with Gasteiger partial charge in [0.2, 0.25) is 0 Å². The molecule has 3 aromatic rings. The summed E-state index contributed by atoms with van der Waals surface area (Å²) < 4.78 is 49.1. The first-order valence-electron chi connectivity index (χ1n) is 8.87. The van der Waals surface area contributed by atoms with Crippen molar-refractivity contribution in [3.8, 4) is 11.5 Å². The standard InChI is InChI=1S/C21H19BrF2O5/c1-3-27-19(25)8-12-4-6-14(26-2)10-18(12)28-11-16-15-9-13(22)5-7-17(15)29-20(16)21(23)24/h4-7,9-10,21H,3,8,11H2,1-2H3. The fourth-order valence-electron chi connectivity index (χ4n) is 2.92. The van der Waals surface area contributed by atoms with Crippen LogP contribution in [0.3, 0.4) is 0 Å². The van der Waals surface area contributed by atoms with E-state index in [1.807, 2.05) is 0 Å². The number of carbonyl (C=O) groups is 1. The fraction of sp³-hybridized carbons (Fsp3) is 0.286. The summed E-state index contributed by atoms with van der Waals surface area (Å²) in [6.45, 7) is 1.82. The van der Waals surface area contributed by atoms with E-state index in [0.29, 0.717) is 28.0 Å². The Morgan fingerprint density at radius 1 is 1.21 bits per heavy atom. The number of alkyl halides is 2. The molecule has 0 radical (unpaired) electrons. The van der Waals surface area contributed by atoms with Crippen molar-refractivity contribution >= 4 is 32.9 Å². The van der Waals surface area contributed by atoms with E-state index in [1.54, 1.807) is 43.3 Å². The highest BCUT2D eigenvalue weighted by atomic mass is 79.9. The smallest absolute Gasteiger partial charge is 0.310 e. The number of hydrogen-bond donors (Lipinski definition) is 0. The van der Waals surface area contributed by atoms with Crippen LogP contribution in [0, 0.1) is 0 Å². The average molecular weight is 469 g/mol. The minimum atomic E-state index is -2.79. The Morgan fingerprint density at radius 3 is 2.69 bits per heavy atom. The molecule has 0 bridgehead atoms. The molecule has 0 fully saturated rings. The Kier molecular flexibility index (Phi) is 6.74. The van der Waals surface area contributed by atoms with Crippen LogP contribution in [0.15, 0.2) is 45.3 Å². The van der Waals surface area contributed by atoms with Crippen LogP contribution in [0.25, 0.3) is 11.0 Å². The molecule has 154 valence electrons. The molecule has 0 saturated carbocycles. The molecule has 1 aromatic heterocycles. The number of benzene rings is 2. The van der Waals surface area contributed by atoms with Gasteiger partial charge in [-0.15, -0.1) is 0 Å². The summed E-state index contributed by atoms with van der Waals surface area (Å²) in [7, 11) is 1.50. The number of ether oxygens (including phenoxy) is 3. The van der Waals surface area contributed by atoms with Crippen LogP contribution < -0.4 is 9.47 Å². The van der Waals surface area contributed by atoms with Crippen molar-refractivity contribution in [2.24, 2.45) is 0 Å². The van der Waals surface area contributed by atoms with E-state index >= 15 is 0 Å². The molecule has 0 amide bonds. The average Bonchev–Trinajstić information content (AvgIpc) is 3.05. The highest BCUT2D eigenvalue weighted by Gasteiger charge is 2.23. The third-order valence-electron chi connectivity index (χ3n) is 4.27. The van der Waals surface area contributed by atoms with Crippen LogP contribution >= 0.6 is 15.9 Å². The fourth-order valence-corrected chi connectivity index (χ4v) is 3.29. The summed E-state index contributed by atoms with van der Waals surface area (Å²) in [6, 6.07) is 10.0. The van der Waals surface area contributed by atoms with Crippen LogP contribution in [0.1, 0.15) is 30.2 Å². The van der Waals surface area contributed by atoms with Crippen LogP contribution in [-0.2, 0) is 22.6 Å². The summed E-state index contributed by atoms with van der Waals surface area (Å²) in [5, 5.41) is 0.532. The molecule has 29 heavy (non-hydrogen) atoms. The molecule has 0 aliphatic carbocycles. The van der Waals surface area contributed by atoms with Crippen molar-refractivity contribution in [2.75, 3.05) is 13.7 Å². The van der Waals surface area contributed by atoms with E-state index < -0.39 is 18.2 Å². The summed E-state index contributed by atoms with van der Waals surface area (Å²) in [5.41, 5.74) is 1.16. The van der Waals surface area contributed by atoms with E-state index in [1.165, 1.54) is 7.11 Å². The molecule has 0 unspecified atom stereocenters. The SMILES string of the molecule is CCOC(=O)Cc1ccc(OC)cc1OCc1c(C(F)F)oc2ccc(Br)cc12. The Morgan fingerprint density at radius 2 is 2.00 bits per heavy atom. The van der Waals surface area contributed by atoms with E-state index in [0.717, 1.165) is 4.47 Å². The Balaban J connectivity index is 1.93. The number of halogens is 3. The lowest BCUT2D eigenvalue weighted by atomic mass is 10.1. The molecule has 8 heteroatoms. The zero-order valence-electron chi connectivity index (χ0n) is 15.8. The maximum Gasteiger partial charge on any atom is 0.310 e. The second-order valence-corrected chi connectivity index (χ2v) is 7.05. The second kappa shape index (κ2) is 9.26. The highest BCUT2D eigenvalue weighted by Crippen LogP contribution is 2.35. The van der Waals surface area contributed by atoms with Gasteiger partial charge in [-0.05, 0) is 31.2 Å². The monoisotopic (exact) mass is 468 g/mol. The molecular formula is C21H19BrF2O5. The van der Waals surface area contributed by atoms with Gasteiger partial charge in [0.1, 0.15) is 23.7 Å². The number of hydrogen-bond acceptors (Lipinski definition) is 5. The van der Waals surface area contributed by atoms with Gasteiger partial charge in [-0.25, -0.2) is 8.78 Å². The topological polar surface area (TPSA) is 57.9 Å². The van der Waals surface area contributed by atoms with Gasteiger partial charge in [0.05, 0.1) is 20.1 Å². The molecule has 1 heterocycles. The molecule has 5 nitrogen and oxygen atoms in total. The Bertz CT molecular complexity index is 1020. The van der Waals surface area contributed by atoms with E-state index in [4.69, 9.17) is 18.6 Å². The van der Waals surface area contributed by atoms with Crippen molar-refractivity contribution in [2.45, 2.75) is 26.4 Å². The van der Waals surface area contributed by atoms with E-state index in [9.17, 15) is 13.6 Å². The van der Waals surface area contributed by atoms with Gasteiger partial charge in [0.25, 0.3) is 6.43 Å².